The van der Waals surface area contributed by atoms with Gasteiger partial charge in [0.15, 0.2) is 0 Å². The molecule has 2 heteroatoms. The Kier molecular flexibility index (Phi) is 29.5. The van der Waals surface area contributed by atoms with E-state index in [1.165, 1.54) is 224 Å². The van der Waals surface area contributed by atoms with Gasteiger partial charge in [0.25, 0.3) is 5.82 Å². The van der Waals surface area contributed by atoms with Crippen molar-refractivity contribution in [2.45, 2.75) is 239 Å². The molecule has 0 spiro atoms. The lowest BCUT2D eigenvalue weighted by molar-refractivity contribution is -0.710. The van der Waals surface area contributed by atoms with Crippen LogP contribution in [0.25, 0.3) is 0 Å². The van der Waals surface area contributed by atoms with Gasteiger partial charge in [0.05, 0.1) is 6.54 Å². The summed E-state index contributed by atoms with van der Waals surface area (Å²) < 4.78 is 2.72. The molecule has 2 nitrogen and oxygen atoms in total. The minimum absolute atomic E-state index is 1.24. The van der Waals surface area contributed by atoms with Crippen molar-refractivity contribution in [1.82, 2.24) is 4.98 Å². The van der Waals surface area contributed by atoms with E-state index in [0.29, 0.717) is 0 Å². The average molecular weight is 588 g/mol. The van der Waals surface area contributed by atoms with Gasteiger partial charge in [0.1, 0.15) is 11.9 Å². The highest BCUT2D eigenvalue weighted by atomic mass is 15.1. The summed E-state index contributed by atoms with van der Waals surface area (Å²) in [6.45, 7) is 8.18. The predicted molar refractivity (Wildman–Crippen MR) is 189 cm³/mol. The van der Waals surface area contributed by atoms with Crippen LogP contribution in [0.5, 0.6) is 0 Å². The second-order valence-electron chi connectivity index (χ2n) is 13.8. The van der Waals surface area contributed by atoms with Gasteiger partial charge in [-0.05, 0) is 25.7 Å². The Labute approximate surface area is 266 Å². The smallest absolute Gasteiger partial charge is 0.247 e. The summed E-state index contributed by atoms with van der Waals surface area (Å²) in [5.74, 6) is 1.52. The van der Waals surface area contributed by atoms with E-state index in [1.807, 2.05) is 0 Å². The second kappa shape index (κ2) is 31.6. The number of aromatic nitrogens is 2. The Balaban J connectivity index is 2.31. The summed E-state index contributed by atoms with van der Waals surface area (Å²) >= 11 is 0. The molecule has 0 saturated carbocycles. The van der Waals surface area contributed by atoms with Crippen LogP contribution in [-0.2, 0) is 19.4 Å². The molecule has 0 aliphatic heterocycles. The third-order valence-corrected chi connectivity index (χ3v) is 9.62. The first-order valence-electron chi connectivity index (χ1n) is 19.9. The van der Waals surface area contributed by atoms with Crippen molar-refractivity contribution in [3.63, 3.8) is 0 Å². The number of hydrogen-bond donors (Lipinski definition) is 1. The van der Waals surface area contributed by atoms with Gasteiger partial charge in [-0.3, -0.25) is 0 Å². The van der Waals surface area contributed by atoms with E-state index in [9.17, 15) is 0 Å². The van der Waals surface area contributed by atoms with Gasteiger partial charge >= 0.3 is 0 Å². The lowest BCUT2D eigenvalue weighted by Crippen LogP contribution is -2.40. The number of aromatic amines is 1. The van der Waals surface area contributed by atoms with Crippen LogP contribution in [0.2, 0.25) is 0 Å². The maximum Gasteiger partial charge on any atom is 0.254 e. The predicted octanol–water partition coefficient (Wildman–Crippen LogP) is 13.5. The molecule has 1 aromatic heterocycles. The molecular weight excluding hydrogens is 508 g/mol. The summed E-state index contributed by atoms with van der Waals surface area (Å²) in [5, 5.41) is 0. The van der Waals surface area contributed by atoms with E-state index in [0.717, 1.165) is 0 Å². The molecule has 0 fully saturated rings. The van der Waals surface area contributed by atoms with E-state index in [4.69, 9.17) is 0 Å². The summed E-state index contributed by atoms with van der Waals surface area (Å²) in [6.07, 6.45) is 49.1. The first-order valence-corrected chi connectivity index (χ1v) is 19.9. The van der Waals surface area contributed by atoms with Crippen molar-refractivity contribution >= 4 is 0 Å². The van der Waals surface area contributed by atoms with Crippen molar-refractivity contribution in [3.05, 3.63) is 17.7 Å². The number of imidazole rings is 1. The van der Waals surface area contributed by atoms with Gasteiger partial charge in [-0.15, -0.1) is 0 Å². The molecule has 42 heavy (non-hydrogen) atoms. The van der Waals surface area contributed by atoms with Gasteiger partial charge in [0.2, 0.25) is 0 Å². The maximum atomic E-state index is 3.74. The molecule has 1 aromatic rings. The monoisotopic (exact) mass is 588 g/mol. The third kappa shape index (κ3) is 23.6. The number of H-pyrrole nitrogens is 1. The first kappa shape index (κ1) is 39.2. The number of unbranched alkanes of at least 4 members (excludes halogenated alkanes) is 28. The first-order chi connectivity index (χ1) is 20.8. The highest BCUT2D eigenvalue weighted by molar-refractivity contribution is 4.92. The SMILES string of the molecule is CCCCCCCCCCCCCC[n+]1c(CCCCCCCCCCC)c[nH]c1CCCCCCCCCCCC. The molecule has 0 saturated heterocycles. The van der Waals surface area contributed by atoms with Crippen LogP contribution in [0.15, 0.2) is 6.20 Å². The Morgan fingerprint density at radius 2 is 0.690 bits per heavy atom. The fourth-order valence-electron chi connectivity index (χ4n) is 6.70. The van der Waals surface area contributed by atoms with E-state index < -0.39 is 0 Å². The molecule has 0 unspecified atom stereocenters. The van der Waals surface area contributed by atoms with Gasteiger partial charge in [-0.25, -0.2) is 9.55 Å². The van der Waals surface area contributed by atoms with E-state index in [2.05, 4.69) is 36.5 Å². The van der Waals surface area contributed by atoms with Crippen molar-refractivity contribution in [2.75, 3.05) is 0 Å². The quantitative estimate of drug-likeness (QED) is 0.0611. The zero-order valence-corrected chi connectivity index (χ0v) is 29.6. The van der Waals surface area contributed by atoms with Gasteiger partial charge in [-0.2, -0.15) is 0 Å². The lowest BCUT2D eigenvalue weighted by atomic mass is 10.0. The number of hydrogen-bond acceptors (Lipinski definition) is 0. The van der Waals surface area contributed by atoms with Crippen molar-refractivity contribution < 1.29 is 4.57 Å². The molecule has 1 rings (SSSR count). The summed E-state index contributed by atoms with van der Waals surface area (Å²) in [4.78, 5) is 3.74. The Morgan fingerprint density at radius 3 is 1.07 bits per heavy atom. The van der Waals surface area contributed by atoms with Crippen molar-refractivity contribution in [1.29, 1.82) is 0 Å². The normalized spacial score (nSPS) is 11.6. The number of aryl methyl sites for hydroxylation is 2. The van der Waals surface area contributed by atoms with Gasteiger partial charge < -0.3 is 0 Å². The summed E-state index contributed by atoms with van der Waals surface area (Å²) in [7, 11) is 0. The van der Waals surface area contributed by atoms with Crippen LogP contribution in [0, 0.1) is 0 Å². The number of rotatable bonds is 34. The number of nitrogens with zero attached hydrogens (tertiary/aromatic N) is 1. The molecule has 0 aromatic carbocycles. The lowest BCUT2D eigenvalue weighted by Gasteiger charge is -2.07. The van der Waals surface area contributed by atoms with Crippen LogP contribution in [-0.4, -0.2) is 4.98 Å². The molecule has 0 aliphatic rings. The molecule has 0 bridgehead atoms. The van der Waals surface area contributed by atoms with Crippen LogP contribution < -0.4 is 4.57 Å². The average Bonchev–Trinajstić information content (AvgIpc) is 3.38. The summed E-state index contributed by atoms with van der Waals surface area (Å²) in [6, 6.07) is 0. The largest absolute Gasteiger partial charge is 0.254 e. The van der Waals surface area contributed by atoms with Crippen LogP contribution in [0.4, 0.5) is 0 Å². The molecule has 0 radical (unpaired) electrons. The Bertz CT molecular complexity index is 648. The minimum atomic E-state index is 1.24. The minimum Gasteiger partial charge on any atom is -0.247 e. The van der Waals surface area contributed by atoms with Gasteiger partial charge in [0, 0.05) is 12.8 Å². The van der Waals surface area contributed by atoms with E-state index >= 15 is 0 Å². The van der Waals surface area contributed by atoms with Crippen molar-refractivity contribution in [3.8, 4) is 0 Å². The Hall–Kier alpha value is -0.790. The molecule has 1 heterocycles. The molecule has 248 valence electrons. The standard InChI is InChI=1S/C40H78N2/c1-4-7-10-13-16-19-21-22-25-28-31-34-37-42-39(35-32-29-26-23-18-15-12-9-6-3)38-41-40(42)36-33-30-27-24-20-17-14-11-8-5-2/h38H,4-37H2,1-3H3/p+1. The zero-order valence-electron chi connectivity index (χ0n) is 29.6. The molecular formula is C40H79N2+. The zero-order chi connectivity index (χ0) is 30.2. The topological polar surface area (TPSA) is 19.7 Å². The fourth-order valence-corrected chi connectivity index (χ4v) is 6.70. The third-order valence-electron chi connectivity index (χ3n) is 9.62. The second-order valence-corrected chi connectivity index (χ2v) is 13.8. The molecule has 0 amide bonds. The maximum absolute atomic E-state index is 3.74. The van der Waals surface area contributed by atoms with Crippen molar-refractivity contribution in [2.24, 2.45) is 0 Å². The summed E-state index contributed by atoms with van der Waals surface area (Å²) in [5.41, 5.74) is 1.59. The molecule has 0 atom stereocenters. The highest BCUT2D eigenvalue weighted by Gasteiger charge is 2.17. The van der Waals surface area contributed by atoms with Gasteiger partial charge in [-0.1, -0.05) is 194 Å². The Morgan fingerprint density at radius 1 is 0.381 bits per heavy atom. The van der Waals surface area contributed by atoms with E-state index in [-0.39, 0.29) is 0 Å². The highest BCUT2D eigenvalue weighted by Crippen LogP contribution is 2.15. The van der Waals surface area contributed by atoms with Crippen LogP contribution >= 0.6 is 0 Å². The fraction of sp³-hybridized carbons (Fsp3) is 0.925. The number of nitrogens with one attached hydrogen (secondary N) is 1. The van der Waals surface area contributed by atoms with E-state index in [1.54, 1.807) is 5.69 Å². The van der Waals surface area contributed by atoms with Crippen LogP contribution in [0.3, 0.4) is 0 Å². The molecule has 1 N–H and O–H groups in total. The molecule has 0 aliphatic carbocycles. The van der Waals surface area contributed by atoms with Crippen LogP contribution in [0.1, 0.15) is 231 Å².